The van der Waals surface area contributed by atoms with Crippen LogP contribution in [0.2, 0.25) is 0 Å². The van der Waals surface area contributed by atoms with Gasteiger partial charge in [0.25, 0.3) is 0 Å². The van der Waals surface area contributed by atoms with Crippen LogP contribution in [0.3, 0.4) is 0 Å². The van der Waals surface area contributed by atoms with Crippen molar-refractivity contribution in [2.75, 3.05) is 0 Å². The van der Waals surface area contributed by atoms with E-state index in [1.54, 1.807) is 0 Å². The van der Waals surface area contributed by atoms with E-state index in [4.69, 9.17) is 20.2 Å². The largest absolute Gasteiger partial charge is 0.631 e. The van der Waals surface area contributed by atoms with Gasteiger partial charge in [0.2, 0.25) is 0 Å². The Hall–Kier alpha value is -0.0916. The molecule has 154 valence electrons. The minimum Gasteiger partial charge on any atom is -0.481 e. The number of hydrogen-bond acceptors (Lipinski definition) is 4. The Morgan fingerprint density at radius 2 is 0.880 bits per heavy atom. The van der Waals surface area contributed by atoms with Crippen LogP contribution in [0, 0.1) is 0 Å². The first kappa shape index (κ1) is 29.7. The van der Waals surface area contributed by atoms with Crippen molar-refractivity contribution in [1.82, 2.24) is 0 Å². The number of unbranched alkanes of at least 4 members (excludes halogenated alkanes) is 14. The molecule has 0 aliphatic rings. The molecular formula is C18H39BNiO5. The maximum Gasteiger partial charge on any atom is 0.631 e. The Labute approximate surface area is 164 Å². The predicted octanol–water partition coefficient (Wildman–Crippen LogP) is 4.28. The van der Waals surface area contributed by atoms with Crippen LogP contribution in [0.5, 0.6) is 0 Å². The van der Waals surface area contributed by atoms with Gasteiger partial charge in [-0.1, -0.05) is 96.8 Å². The fourth-order valence-electron chi connectivity index (χ4n) is 2.65. The van der Waals surface area contributed by atoms with Crippen LogP contribution in [0.1, 0.15) is 110 Å². The Morgan fingerprint density at radius 3 is 1.12 bits per heavy atom. The molecule has 5 nitrogen and oxygen atoms in total. The molecule has 4 N–H and O–H groups in total. The van der Waals surface area contributed by atoms with Crippen LogP contribution in [0.4, 0.5) is 0 Å². The van der Waals surface area contributed by atoms with Gasteiger partial charge in [-0.15, -0.1) is 0 Å². The van der Waals surface area contributed by atoms with Crippen LogP contribution < -0.4 is 0 Å². The van der Waals surface area contributed by atoms with Crippen molar-refractivity contribution < 1.29 is 41.5 Å². The van der Waals surface area contributed by atoms with E-state index in [9.17, 15) is 4.79 Å². The summed E-state index contributed by atoms with van der Waals surface area (Å²) in [5, 5.41) is 30.0. The molecular weight excluding hydrogens is 366 g/mol. The molecule has 25 heavy (non-hydrogen) atoms. The normalized spacial score (nSPS) is 9.76. The van der Waals surface area contributed by atoms with Crippen LogP contribution in [-0.4, -0.2) is 33.5 Å². The van der Waals surface area contributed by atoms with Crippen LogP contribution in [0.15, 0.2) is 0 Å². The summed E-state index contributed by atoms with van der Waals surface area (Å²) < 4.78 is 0. The summed E-state index contributed by atoms with van der Waals surface area (Å²) >= 11 is 0. The van der Waals surface area contributed by atoms with Crippen molar-refractivity contribution in [3.05, 3.63) is 0 Å². The zero-order valence-corrected chi connectivity index (χ0v) is 16.9. The van der Waals surface area contributed by atoms with E-state index in [1.165, 1.54) is 83.5 Å². The molecule has 0 radical (unpaired) electrons. The SMILES string of the molecule is CCCCCCCCCCCCCCCCCC(=O)O.OB(O)O.[Ni]. The molecule has 0 atom stereocenters. The summed E-state index contributed by atoms with van der Waals surface area (Å²) in [5.41, 5.74) is 0. The van der Waals surface area contributed by atoms with Gasteiger partial charge >= 0.3 is 13.3 Å². The molecule has 0 heterocycles. The van der Waals surface area contributed by atoms with Crippen molar-refractivity contribution in [2.24, 2.45) is 0 Å². The van der Waals surface area contributed by atoms with E-state index < -0.39 is 13.3 Å². The molecule has 0 aromatic heterocycles. The van der Waals surface area contributed by atoms with E-state index in [0.29, 0.717) is 6.42 Å². The van der Waals surface area contributed by atoms with E-state index in [1.807, 2.05) is 0 Å². The van der Waals surface area contributed by atoms with Gasteiger partial charge in [-0.05, 0) is 6.42 Å². The molecule has 0 aliphatic heterocycles. The first-order chi connectivity index (χ1) is 11.5. The zero-order valence-electron chi connectivity index (χ0n) is 15.9. The fraction of sp³-hybridized carbons (Fsp3) is 0.944. The molecule has 0 aromatic rings. The Morgan fingerprint density at radius 1 is 0.640 bits per heavy atom. The number of carbonyl (C=O) groups is 1. The summed E-state index contributed by atoms with van der Waals surface area (Å²) in [5.74, 6) is -0.653. The summed E-state index contributed by atoms with van der Waals surface area (Å²) in [6, 6.07) is 0. The topological polar surface area (TPSA) is 98.0 Å². The maximum absolute atomic E-state index is 10.3. The monoisotopic (exact) mass is 404 g/mol. The Balaban J connectivity index is -0.000000867. The molecule has 0 saturated carbocycles. The molecule has 0 unspecified atom stereocenters. The van der Waals surface area contributed by atoms with E-state index >= 15 is 0 Å². The first-order valence-corrected chi connectivity index (χ1v) is 9.76. The molecule has 0 rings (SSSR count). The molecule has 0 spiro atoms. The zero-order chi connectivity index (χ0) is 18.5. The van der Waals surface area contributed by atoms with Crippen LogP contribution in [0.25, 0.3) is 0 Å². The number of hydrogen-bond donors (Lipinski definition) is 4. The number of rotatable bonds is 16. The van der Waals surface area contributed by atoms with Crippen molar-refractivity contribution in [3.8, 4) is 0 Å². The van der Waals surface area contributed by atoms with Gasteiger partial charge in [0.15, 0.2) is 0 Å². The van der Waals surface area contributed by atoms with E-state index in [-0.39, 0.29) is 16.5 Å². The molecule has 0 aromatic carbocycles. The van der Waals surface area contributed by atoms with Crippen molar-refractivity contribution in [1.29, 1.82) is 0 Å². The van der Waals surface area contributed by atoms with Gasteiger partial charge in [-0.3, -0.25) is 4.79 Å². The second-order valence-corrected chi connectivity index (χ2v) is 6.44. The number of aliphatic carboxylic acids is 1. The van der Waals surface area contributed by atoms with E-state index in [2.05, 4.69) is 6.92 Å². The smallest absolute Gasteiger partial charge is 0.481 e. The van der Waals surface area contributed by atoms with Gasteiger partial charge < -0.3 is 20.2 Å². The first-order valence-electron chi connectivity index (χ1n) is 9.76. The molecule has 0 saturated heterocycles. The Bertz CT molecular complexity index is 253. The molecule has 0 bridgehead atoms. The number of carboxylic acids is 1. The van der Waals surface area contributed by atoms with Gasteiger partial charge in [-0.2, -0.15) is 0 Å². The third kappa shape index (κ3) is 40.1. The standard InChI is InChI=1S/C18H36O2.BH3O3.Ni/c1-2-3-4-5-6-7-8-9-10-11-12-13-14-15-16-17-18(19)20;2-1(3)4;/h2-17H2,1H3,(H,19,20);2-4H;. The van der Waals surface area contributed by atoms with Gasteiger partial charge in [0.05, 0.1) is 0 Å². The van der Waals surface area contributed by atoms with Gasteiger partial charge in [0, 0.05) is 22.9 Å². The summed E-state index contributed by atoms with van der Waals surface area (Å²) in [6.45, 7) is 2.27. The maximum atomic E-state index is 10.3. The second kappa shape index (κ2) is 26.1. The molecule has 0 amide bonds. The van der Waals surface area contributed by atoms with Gasteiger partial charge in [-0.25, -0.2) is 0 Å². The molecule has 7 heteroatoms. The molecule has 0 fully saturated rings. The quantitative estimate of drug-likeness (QED) is 0.227. The fourth-order valence-corrected chi connectivity index (χ4v) is 2.65. The summed E-state index contributed by atoms with van der Waals surface area (Å²) in [7, 11) is -2.17. The van der Waals surface area contributed by atoms with Crippen LogP contribution >= 0.6 is 0 Å². The average molecular weight is 405 g/mol. The molecule has 0 aliphatic carbocycles. The summed E-state index contributed by atoms with van der Waals surface area (Å²) in [6.07, 6.45) is 20.2. The third-order valence-corrected chi connectivity index (χ3v) is 3.99. The van der Waals surface area contributed by atoms with Crippen molar-refractivity contribution >= 4 is 13.3 Å². The van der Waals surface area contributed by atoms with Crippen molar-refractivity contribution in [2.45, 2.75) is 110 Å². The van der Waals surface area contributed by atoms with Crippen LogP contribution in [-0.2, 0) is 21.3 Å². The van der Waals surface area contributed by atoms with E-state index in [0.717, 1.165) is 12.8 Å². The van der Waals surface area contributed by atoms with Crippen molar-refractivity contribution in [3.63, 3.8) is 0 Å². The average Bonchev–Trinajstić information content (AvgIpc) is 2.50. The minimum atomic E-state index is -2.17. The third-order valence-electron chi connectivity index (χ3n) is 3.99. The minimum absolute atomic E-state index is 0. The second-order valence-electron chi connectivity index (χ2n) is 6.44. The summed E-state index contributed by atoms with van der Waals surface area (Å²) in [4.78, 5) is 10.3. The predicted molar refractivity (Wildman–Crippen MR) is 99.6 cm³/mol. The van der Waals surface area contributed by atoms with Gasteiger partial charge in [0.1, 0.15) is 0 Å². The Kier molecular flexibility index (Phi) is 31.0. The number of carboxylic acid groups (broad SMARTS) is 1.